The number of likely N-dealkylation sites (N-methyl/N-ethyl adjacent to an activating group) is 1. The van der Waals surface area contributed by atoms with Crippen LogP contribution in [0.3, 0.4) is 0 Å². The molecule has 0 unspecified atom stereocenters. The second-order valence-corrected chi connectivity index (χ2v) is 7.14. The van der Waals surface area contributed by atoms with Crippen LogP contribution < -0.4 is 11.2 Å². The molecule has 5 aromatic rings. The number of aromatic nitrogens is 3. The Morgan fingerprint density at radius 1 is 1.00 bits per heavy atom. The van der Waals surface area contributed by atoms with E-state index in [-0.39, 0.29) is 11.2 Å². The van der Waals surface area contributed by atoms with E-state index in [1.165, 1.54) is 4.57 Å². The Kier molecular flexibility index (Phi) is 3.32. The van der Waals surface area contributed by atoms with Crippen LogP contribution >= 0.6 is 0 Å². The quantitative estimate of drug-likeness (QED) is 0.497. The van der Waals surface area contributed by atoms with Gasteiger partial charge in [0.1, 0.15) is 0 Å². The highest BCUT2D eigenvalue weighted by molar-refractivity contribution is 6.23. The minimum atomic E-state index is -0.288. The van der Waals surface area contributed by atoms with Gasteiger partial charge in [0.05, 0.1) is 16.4 Å². The number of pyridine rings is 1. The third kappa shape index (κ3) is 2.13. The van der Waals surface area contributed by atoms with Crippen LogP contribution in [0.2, 0.25) is 0 Å². The van der Waals surface area contributed by atoms with Gasteiger partial charge >= 0.3 is 5.69 Å². The summed E-state index contributed by atoms with van der Waals surface area (Å²) in [6.07, 6.45) is 3.58. The second-order valence-electron chi connectivity index (χ2n) is 7.14. The summed E-state index contributed by atoms with van der Waals surface area (Å²) >= 11 is 0. The molecule has 134 valence electrons. The lowest BCUT2D eigenvalue weighted by atomic mass is 10.1. The van der Waals surface area contributed by atoms with Gasteiger partial charge in [0.15, 0.2) is 0 Å². The number of hydrogen-bond acceptors (Lipinski definition) is 4. The first kappa shape index (κ1) is 16.0. The van der Waals surface area contributed by atoms with Crippen molar-refractivity contribution in [2.24, 2.45) is 0 Å². The highest BCUT2D eigenvalue weighted by Gasteiger charge is 2.19. The molecule has 0 aliphatic carbocycles. The molecule has 6 nitrogen and oxygen atoms in total. The summed E-state index contributed by atoms with van der Waals surface area (Å²) < 4.78 is 3.03. The maximum Gasteiger partial charge on any atom is 0.336 e. The summed E-state index contributed by atoms with van der Waals surface area (Å²) in [6, 6.07) is 11.6. The Hall–Kier alpha value is -3.25. The zero-order valence-corrected chi connectivity index (χ0v) is 15.1. The van der Waals surface area contributed by atoms with Gasteiger partial charge in [-0.15, -0.1) is 0 Å². The first-order valence-electron chi connectivity index (χ1n) is 8.88. The molecular weight excluding hydrogens is 340 g/mol. The third-order valence-electron chi connectivity index (χ3n) is 5.24. The van der Waals surface area contributed by atoms with Crippen molar-refractivity contribution in [3.05, 3.63) is 69.6 Å². The smallest absolute Gasteiger partial charge is 0.308 e. The van der Waals surface area contributed by atoms with Crippen molar-refractivity contribution in [3.63, 3.8) is 0 Å². The van der Waals surface area contributed by atoms with E-state index in [2.05, 4.69) is 4.98 Å². The van der Waals surface area contributed by atoms with E-state index in [0.29, 0.717) is 24.0 Å². The van der Waals surface area contributed by atoms with E-state index in [9.17, 15) is 9.59 Å². The average Bonchev–Trinajstić information content (AvgIpc) is 3.01. The van der Waals surface area contributed by atoms with Crippen LogP contribution in [-0.4, -0.2) is 39.5 Å². The molecule has 0 saturated carbocycles. The molecule has 0 saturated heterocycles. The molecule has 0 bridgehead atoms. The lowest BCUT2D eigenvalue weighted by Crippen LogP contribution is -2.39. The van der Waals surface area contributed by atoms with E-state index in [1.54, 1.807) is 16.7 Å². The molecule has 0 amide bonds. The second kappa shape index (κ2) is 5.62. The molecule has 0 atom stereocenters. The van der Waals surface area contributed by atoms with Crippen molar-refractivity contribution in [2.45, 2.75) is 6.54 Å². The summed E-state index contributed by atoms with van der Waals surface area (Å²) in [6.45, 7) is 0.976. The van der Waals surface area contributed by atoms with Gasteiger partial charge in [-0.3, -0.25) is 18.7 Å². The van der Waals surface area contributed by atoms with Crippen LogP contribution in [0.4, 0.5) is 0 Å². The first-order valence-corrected chi connectivity index (χ1v) is 8.88. The van der Waals surface area contributed by atoms with Crippen molar-refractivity contribution < 1.29 is 0 Å². The van der Waals surface area contributed by atoms with Crippen molar-refractivity contribution in [3.8, 4) is 0 Å². The predicted octanol–water partition coefficient (Wildman–Crippen LogP) is 2.32. The van der Waals surface area contributed by atoms with E-state index < -0.39 is 0 Å². The lowest BCUT2D eigenvalue weighted by Gasteiger charge is -2.12. The molecule has 27 heavy (non-hydrogen) atoms. The van der Waals surface area contributed by atoms with Crippen LogP contribution in [0.15, 0.2) is 58.4 Å². The van der Waals surface area contributed by atoms with Crippen LogP contribution in [-0.2, 0) is 6.54 Å². The van der Waals surface area contributed by atoms with Gasteiger partial charge in [-0.25, -0.2) is 4.79 Å². The SMILES string of the molecule is CN(C)CCn1c(=O)c2cccc3c4c5cnccc5ccc4n(c1=O)c23. The van der Waals surface area contributed by atoms with Crippen molar-refractivity contribution in [1.29, 1.82) is 0 Å². The average molecular weight is 358 g/mol. The molecule has 0 radical (unpaired) electrons. The number of nitrogens with zero attached hydrogens (tertiary/aromatic N) is 4. The predicted molar refractivity (Wildman–Crippen MR) is 108 cm³/mol. The third-order valence-corrected chi connectivity index (χ3v) is 5.24. The summed E-state index contributed by atoms with van der Waals surface area (Å²) in [5.41, 5.74) is 0.985. The molecule has 3 heterocycles. The normalized spacial score (nSPS) is 12.3. The molecule has 2 aromatic carbocycles. The number of rotatable bonds is 3. The number of fused-ring (bicyclic) bond motifs is 5. The van der Waals surface area contributed by atoms with Gasteiger partial charge in [0, 0.05) is 41.6 Å². The number of hydrogen-bond donors (Lipinski definition) is 0. The molecule has 0 fully saturated rings. The standard InChI is InChI=1S/C21H18N4O2/c1-23(2)10-11-24-20(26)15-5-3-4-14-18-16-12-22-9-8-13(16)6-7-17(18)25(19(14)15)21(24)27/h3-9,12H,10-11H2,1-2H3. The summed E-state index contributed by atoms with van der Waals surface area (Å²) in [5, 5.41) is 4.49. The fraction of sp³-hybridized carbons (Fsp3) is 0.190. The minimum Gasteiger partial charge on any atom is -0.308 e. The zero-order chi connectivity index (χ0) is 18.7. The van der Waals surface area contributed by atoms with Gasteiger partial charge in [0.25, 0.3) is 5.56 Å². The van der Waals surface area contributed by atoms with Gasteiger partial charge in [-0.1, -0.05) is 18.2 Å². The van der Waals surface area contributed by atoms with Gasteiger partial charge < -0.3 is 4.90 Å². The van der Waals surface area contributed by atoms with Crippen LogP contribution in [0.1, 0.15) is 0 Å². The van der Waals surface area contributed by atoms with E-state index in [1.807, 2.05) is 55.5 Å². The molecule has 0 N–H and O–H groups in total. The highest BCUT2D eigenvalue weighted by atomic mass is 16.2. The molecule has 5 rings (SSSR count). The number of benzene rings is 2. The Bertz CT molecular complexity index is 1450. The van der Waals surface area contributed by atoms with Crippen LogP contribution in [0.5, 0.6) is 0 Å². The van der Waals surface area contributed by atoms with E-state index in [4.69, 9.17) is 0 Å². The molecule has 0 aliphatic rings. The Morgan fingerprint density at radius 2 is 1.81 bits per heavy atom. The topological polar surface area (TPSA) is 59.6 Å². The van der Waals surface area contributed by atoms with Gasteiger partial charge in [-0.2, -0.15) is 0 Å². The Balaban J connectivity index is 2.03. The molecule has 3 aromatic heterocycles. The lowest BCUT2D eigenvalue weighted by molar-refractivity contribution is 0.376. The van der Waals surface area contributed by atoms with Gasteiger partial charge in [-0.05, 0) is 37.7 Å². The maximum atomic E-state index is 13.3. The van der Waals surface area contributed by atoms with Crippen LogP contribution in [0.25, 0.3) is 38.0 Å². The Morgan fingerprint density at radius 3 is 2.63 bits per heavy atom. The summed E-state index contributed by atoms with van der Waals surface area (Å²) in [5.74, 6) is 0. The van der Waals surface area contributed by atoms with Crippen molar-refractivity contribution >= 4 is 38.0 Å². The molecule has 6 heteroatoms. The summed E-state index contributed by atoms with van der Waals surface area (Å²) in [7, 11) is 3.85. The molecular formula is C21H18N4O2. The maximum absolute atomic E-state index is 13.3. The van der Waals surface area contributed by atoms with E-state index >= 15 is 0 Å². The zero-order valence-electron chi connectivity index (χ0n) is 15.1. The minimum absolute atomic E-state index is 0.231. The van der Waals surface area contributed by atoms with Gasteiger partial charge in [0.2, 0.25) is 0 Å². The summed E-state index contributed by atoms with van der Waals surface area (Å²) in [4.78, 5) is 32.5. The van der Waals surface area contributed by atoms with Crippen molar-refractivity contribution in [2.75, 3.05) is 20.6 Å². The Labute approximate surface area is 154 Å². The monoisotopic (exact) mass is 358 g/mol. The fourth-order valence-corrected chi connectivity index (χ4v) is 3.95. The fourth-order valence-electron chi connectivity index (χ4n) is 3.95. The molecule has 0 aliphatic heterocycles. The number of para-hydroxylation sites is 1. The highest BCUT2D eigenvalue weighted by Crippen LogP contribution is 2.34. The largest absolute Gasteiger partial charge is 0.336 e. The molecule has 0 spiro atoms. The van der Waals surface area contributed by atoms with Crippen molar-refractivity contribution in [1.82, 2.24) is 18.9 Å². The van der Waals surface area contributed by atoms with E-state index in [0.717, 1.165) is 27.1 Å². The van der Waals surface area contributed by atoms with Crippen LogP contribution in [0, 0.1) is 0 Å². The first-order chi connectivity index (χ1) is 13.1.